The molecule has 0 bridgehead atoms. The second-order valence-corrected chi connectivity index (χ2v) is 1.62. The van der Waals surface area contributed by atoms with Gasteiger partial charge in [0.2, 0.25) is 0 Å². The van der Waals surface area contributed by atoms with E-state index in [-0.39, 0.29) is 0 Å². The molecule has 0 aliphatic carbocycles. The topological polar surface area (TPSA) is 116 Å². The van der Waals surface area contributed by atoms with E-state index in [9.17, 15) is 19.2 Å². The van der Waals surface area contributed by atoms with Crippen molar-refractivity contribution in [2.75, 3.05) is 7.05 Å². The Morgan fingerprint density at radius 1 is 1.17 bits per heavy atom. The predicted octanol–water partition coefficient (Wildman–Crippen LogP) is -2.71. The molecule has 0 aromatic carbocycles. The Labute approximate surface area is 66.8 Å². The zero-order valence-electron chi connectivity index (χ0n) is 6.12. The van der Waals surface area contributed by atoms with E-state index < -0.39 is 23.8 Å². The lowest BCUT2D eigenvalue weighted by molar-refractivity contribution is -0.167. The molecule has 7 nitrogen and oxygen atoms in total. The summed E-state index contributed by atoms with van der Waals surface area (Å²) in [6, 6.07) is 0. The van der Waals surface area contributed by atoms with Crippen LogP contribution < -0.4 is 11.1 Å². The van der Waals surface area contributed by atoms with Crippen molar-refractivity contribution >= 4 is 23.8 Å². The van der Waals surface area contributed by atoms with Crippen molar-refractivity contribution in [2.24, 2.45) is 5.73 Å². The van der Waals surface area contributed by atoms with Gasteiger partial charge in [-0.05, 0) is 0 Å². The molecule has 0 aliphatic heterocycles. The smallest absolute Gasteiger partial charge is 0.378 e. The van der Waals surface area contributed by atoms with E-state index in [0.29, 0.717) is 0 Å². The van der Waals surface area contributed by atoms with Gasteiger partial charge in [0.1, 0.15) is 0 Å². The monoisotopic (exact) mass is 174 g/mol. The van der Waals surface area contributed by atoms with Gasteiger partial charge in [-0.3, -0.25) is 9.59 Å². The SMILES string of the molecule is CNC(=O)C(=O)OC(=O)C(N)=O. The summed E-state index contributed by atoms with van der Waals surface area (Å²) >= 11 is 0. The number of hydrogen-bond donors (Lipinski definition) is 2. The lowest BCUT2D eigenvalue weighted by atomic mass is 10.6. The first-order valence-corrected chi connectivity index (χ1v) is 2.76. The molecule has 0 aliphatic rings. The molecule has 0 heterocycles. The molecule has 0 unspecified atom stereocenters. The maximum absolute atomic E-state index is 10.4. The van der Waals surface area contributed by atoms with Crippen LogP contribution in [0.2, 0.25) is 0 Å². The van der Waals surface area contributed by atoms with Gasteiger partial charge in [-0.2, -0.15) is 0 Å². The normalized spacial score (nSPS) is 8.42. The Balaban J connectivity index is 4.11. The quantitative estimate of drug-likeness (QED) is 0.235. The van der Waals surface area contributed by atoms with Gasteiger partial charge in [-0.1, -0.05) is 0 Å². The molecule has 3 N–H and O–H groups in total. The summed E-state index contributed by atoms with van der Waals surface area (Å²) < 4.78 is 3.70. The van der Waals surface area contributed by atoms with E-state index in [0.717, 1.165) is 0 Å². The molecule has 7 heteroatoms. The minimum Gasteiger partial charge on any atom is -0.378 e. The molecular weight excluding hydrogens is 168 g/mol. The molecule has 12 heavy (non-hydrogen) atoms. The van der Waals surface area contributed by atoms with Crippen LogP contribution in [0, 0.1) is 0 Å². The Morgan fingerprint density at radius 2 is 1.67 bits per heavy atom. The molecule has 66 valence electrons. The number of ether oxygens (including phenoxy) is 1. The van der Waals surface area contributed by atoms with Gasteiger partial charge in [-0.15, -0.1) is 0 Å². The Hall–Kier alpha value is -1.92. The van der Waals surface area contributed by atoms with Crippen molar-refractivity contribution in [1.29, 1.82) is 0 Å². The second kappa shape index (κ2) is 4.06. The van der Waals surface area contributed by atoms with Crippen LogP contribution in [0.3, 0.4) is 0 Å². The lowest BCUT2D eigenvalue weighted by Gasteiger charge is -1.97. The Bertz CT molecular complexity index is 246. The number of likely N-dealkylation sites (N-methyl/N-ethyl adjacent to an activating group) is 1. The summed E-state index contributed by atoms with van der Waals surface area (Å²) in [6.45, 7) is 0. The van der Waals surface area contributed by atoms with E-state index in [1.54, 1.807) is 0 Å². The minimum absolute atomic E-state index is 1.13. The van der Waals surface area contributed by atoms with Crippen LogP contribution in [0.15, 0.2) is 0 Å². The van der Waals surface area contributed by atoms with Gasteiger partial charge in [0.25, 0.3) is 0 Å². The Morgan fingerprint density at radius 3 is 2.00 bits per heavy atom. The average molecular weight is 174 g/mol. The number of nitrogens with one attached hydrogen (secondary N) is 1. The third-order valence-electron chi connectivity index (χ3n) is 0.799. The van der Waals surface area contributed by atoms with E-state index in [1.165, 1.54) is 7.05 Å². The number of primary amides is 1. The van der Waals surface area contributed by atoms with Crippen molar-refractivity contribution in [3.63, 3.8) is 0 Å². The first-order chi connectivity index (χ1) is 5.49. The molecule has 0 saturated heterocycles. The molecule has 0 rings (SSSR count). The largest absolute Gasteiger partial charge is 0.404 e. The highest BCUT2D eigenvalue weighted by Crippen LogP contribution is 1.79. The molecule has 0 aromatic rings. The number of hydrogen-bond acceptors (Lipinski definition) is 5. The van der Waals surface area contributed by atoms with Gasteiger partial charge in [0.15, 0.2) is 0 Å². The lowest BCUT2D eigenvalue weighted by Crippen LogP contribution is -2.35. The minimum atomic E-state index is -1.57. The summed E-state index contributed by atoms with van der Waals surface area (Å²) in [4.78, 5) is 41.1. The fraction of sp³-hybridized carbons (Fsp3) is 0.200. The molecule has 0 aromatic heterocycles. The van der Waals surface area contributed by atoms with Crippen LogP contribution in [-0.2, 0) is 23.9 Å². The van der Waals surface area contributed by atoms with E-state index in [4.69, 9.17) is 0 Å². The Kier molecular flexibility index (Phi) is 3.41. The molecule has 0 radical (unpaired) electrons. The summed E-state index contributed by atoms with van der Waals surface area (Å²) in [5.41, 5.74) is 4.43. The van der Waals surface area contributed by atoms with Crippen molar-refractivity contribution in [2.45, 2.75) is 0 Å². The third-order valence-corrected chi connectivity index (χ3v) is 0.799. The number of rotatable bonds is 0. The molecule has 0 fully saturated rings. The second-order valence-electron chi connectivity index (χ2n) is 1.62. The van der Waals surface area contributed by atoms with Crippen LogP contribution >= 0.6 is 0 Å². The van der Waals surface area contributed by atoms with Crippen LogP contribution in [0.5, 0.6) is 0 Å². The summed E-state index contributed by atoms with van der Waals surface area (Å²) in [7, 11) is 1.17. The number of nitrogens with two attached hydrogens (primary N) is 1. The predicted molar refractivity (Wildman–Crippen MR) is 34.4 cm³/mol. The third kappa shape index (κ3) is 2.78. The molecule has 0 spiro atoms. The van der Waals surface area contributed by atoms with E-state index >= 15 is 0 Å². The highest BCUT2D eigenvalue weighted by molar-refractivity contribution is 6.40. The van der Waals surface area contributed by atoms with Crippen molar-refractivity contribution in [1.82, 2.24) is 5.32 Å². The van der Waals surface area contributed by atoms with Crippen molar-refractivity contribution < 1.29 is 23.9 Å². The highest BCUT2D eigenvalue weighted by atomic mass is 16.6. The first-order valence-electron chi connectivity index (χ1n) is 2.76. The molecule has 2 amide bonds. The molecule has 0 atom stereocenters. The zero-order valence-corrected chi connectivity index (χ0v) is 6.12. The number of esters is 2. The summed E-state index contributed by atoms with van der Waals surface area (Å²) in [5.74, 6) is -5.61. The number of carbonyl (C=O) groups is 4. The fourth-order valence-electron chi connectivity index (χ4n) is 0.283. The fourth-order valence-corrected chi connectivity index (χ4v) is 0.283. The number of amides is 2. The number of carbonyl (C=O) groups excluding carboxylic acids is 4. The van der Waals surface area contributed by atoms with Gasteiger partial charge >= 0.3 is 23.8 Å². The summed E-state index contributed by atoms with van der Waals surface area (Å²) in [5, 5.41) is 1.89. The van der Waals surface area contributed by atoms with Crippen molar-refractivity contribution in [3.8, 4) is 0 Å². The van der Waals surface area contributed by atoms with E-state index in [2.05, 4.69) is 10.5 Å². The van der Waals surface area contributed by atoms with Crippen LogP contribution in [0.25, 0.3) is 0 Å². The zero-order chi connectivity index (χ0) is 9.72. The average Bonchev–Trinajstić information content (AvgIpc) is 2.02. The van der Waals surface area contributed by atoms with Gasteiger partial charge < -0.3 is 15.8 Å². The molecule has 0 saturated carbocycles. The maximum atomic E-state index is 10.4. The van der Waals surface area contributed by atoms with E-state index in [1.807, 2.05) is 5.32 Å². The first kappa shape index (κ1) is 10.1. The van der Waals surface area contributed by atoms with Crippen LogP contribution in [-0.4, -0.2) is 30.8 Å². The van der Waals surface area contributed by atoms with Gasteiger partial charge in [0, 0.05) is 7.05 Å². The van der Waals surface area contributed by atoms with Crippen molar-refractivity contribution in [3.05, 3.63) is 0 Å². The standard InChI is InChI=1S/C5H6N2O5/c1-7-3(9)5(11)12-4(10)2(6)8/h1H3,(H2,6,8)(H,7,9). The molecular formula is C5H6N2O5. The van der Waals surface area contributed by atoms with Gasteiger partial charge in [-0.25, -0.2) is 9.59 Å². The maximum Gasteiger partial charge on any atom is 0.404 e. The summed E-state index contributed by atoms with van der Waals surface area (Å²) in [6.07, 6.45) is 0. The van der Waals surface area contributed by atoms with Gasteiger partial charge in [0.05, 0.1) is 0 Å². The highest BCUT2D eigenvalue weighted by Gasteiger charge is 2.20. The van der Waals surface area contributed by atoms with Crippen LogP contribution in [0.1, 0.15) is 0 Å². The van der Waals surface area contributed by atoms with Crippen LogP contribution in [0.4, 0.5) is 0 Å².